The Kier molecular flexibility index (Phi) is 3.95. The first-order chi connectivity index (χ1) is 10.1. The van der Waals surface area contributed by atoms with Crippen molar-refractivity contribution in [2.45, 2.75) is 18.9 Å². The van der Waals surface area contributed by atoms with Crippen LogP contribution in [0.1, 0.15) is 23.2 Å². The second kappa shape index (κ2) is 5.73. The Hall–Kier alpha value is -1.47. The molecular formula is C14H16BrN3O3. The minimum absolute atomic E-state index is 0.0865. The third kappa shape index (κ3) is 2.80. The molecule has 6 nitrogen and oxygen atoms in total. The van der Waals surface area contributed by atoms with E-state index in [2.05, 4.69) is 26.1 Å². The maximum atomic E-state index is 12.4. The van der Waals surface area contributed by atoms with Crippen molar-refractivity contribution in [3.05, 3.63) is 38.3 Å². The van der Waals surface area contributed by atoms with Gasteiger partial charge >= 0.3 is 0 Å². The molecule has 0 radical (unpaired) electrons. The summed E-state index contributed by atoms with van der Waals surface area (Å²) in [5, 5.41) is 14.0. The number of hydrogen-bond donors (Lipinski definition) is 1. The second-order valence-electron chi connectivity index (χ2n) is 5.61. The Morgan fingerprint density at radius 1 is 1.38 bits per heavy atom. The summed E-state index contributed by atoms with van der Waals surface area (Å²) in [6.07, 6.45) is 2.22. The molecule has 3 aliphatic heterocycles. The number of rotatable bonds is 3. The van der Waals surface area contributed by atoms with Gasteiger partial charge in [0.05, 0.1) is 10.5 Å². The lowest BCUT2D eigenvalue weighted by Gasteiger charge is -2.44. The lowest BCUT2D eigenvalue weighted by Crippen LogP contribution is -2.57. The fourth-order valence-electron chi connectivity index (χ4n) is 3.21. The van der Waals surface area contributed by atoms with Gasteiger partial charge < -0.3 is 10.2 Å². The zero-order valence-electron chi connectivity index (χ0n) is 11.4. The molecule has 4 rings (SSSR count). The molecule has 1 amide bonds. The molecule has 0 aliphatic carbocycles. The number of carbonyl (C=O) groups excluding carboxylic acids is 1. The van der Waals surface area contributed by atoms with Crippen molar-refractivity contribution < 1.29 is 9.72 Å². The molecule has 0 saturated carbocycles. The largest absolute Gasteiger partial charge is 0.348 e. The summed E-state index contributed by atoms with van der Waals surface area (Å²) in [5.74, 6) is 0.278. The molecule has 2 bridgehead atoms. The van der Waals surface area contributed by atoms with Crippen LogP contribution in [-0.2, 0) is 0 Å². The minimum atomic E-state index is -0.491. The first kappa shape index (κ1) is 14.5. The molecule has 0 spiro atoms. The van der Waals surface area contributed by atoms with Gasteiger partial charge in [0.2, 0.25) is 0 Å². The lowest BCUT2D eigenvalue weighted by molar-refractivity contribution is -0.385. The normalized spacial score (nSPS) is 27.4. The SMILES string of the molecule is O=C(NC1CN2CCC1CC2)c1cccc([N+](=O)[O-])c1Br. The van der Waals surface area contributed by atoms with Gasteiger partial charge in [-0.25, -0.2) is 0 Å². The topological polar surface area (TPSA) is 75.5 Å². The maximum Gasteiger partial charge on any atom is 0.284 e. The molecule has 1 N–H and O–H groups in total. The van der Waals surface area contributed by atoms with Crippen LogP contribution < -0.4 is 5.32 Å². The molecule has 3 saturated heterocycles. The predicted octanol–water partition coefficient (Wildman–Crippen LogP) is 2.18. The van der Waals surface area contributed by atoms with E-state index in [9.17, 15) is 14.9 Å². The van der Waals surface area contributed by atoms with Gasteiger partial charge in [0, 0.05) is 18.7 Å². The van der Waals surface area contributed by atoms with E-state index in [-0.39, 0.29) is 22.1 Å². The van der Waals surface area contributed by atoms with E-state index in [4.69, 9.17) is 0 Å². The quantitative estimate of drug-likeness (QED) is 0.667. The smallest absolute Gasteiger partial charge is 0.284 e. The molecule has 1 atom stereocenters. The predicted molar refractivity (Wildman–Crippen MR) is 81.2 cm³/mol. The molecule has 0 aromatic heterocycles. The third-order valence-electron chi connectivity index (χ3n) is 4.39. The van der Waals surface area contributed by atoms with E-state index in [1.807, 2.05) is 0 Å². The highest BCUT2D eigenvalue weighted by molar-refractivity contribution is 9.10. The summed E-state index contributed by atoms with van der Waals surface area (Å²) < 4.78 is 0.244. The van der Waals surface area contributed by atoms with Crippen LogP contribution >= 0.6 is 15.9 Å². The molecule has 3 fully saturated rings. The van der Waals surface area contributed by atoms with Gasteiger partial charge in [-0.15, -0.1) is 0 Å². The summed E-state index contributed by atoms with van der Waals surface area (Å²) in [6, 6.07) is 4.67. The Labute approximate surface area is 130 Å². The molecule has 1 aromatic carbocycles. The zero-order chi connectivity index (χ0) is 15.0. The second-order valence-corrected chi connectivity index (χ2v) is 6.41. The van der Waals surface area contributed by atoms with E-state index in [1.54, 1.807) is 6.07 Å². The summed E-state index contributed by atoms with van der Waals surface area (Å²) in [6.45, 7) is 3.10. The van der Waals surface area contributed by atoms with Crippen LogP contribution in [-0.4, -0.2) is 41.4 Å². The van der Waals surface area contributed by atoms with Gasteiger partial charge in [-0.3, -0.25) is 14.9 Å². The van der Waals surface area contributed by atoms with Crippen molar-refractivity contribution in [3.63, 3.8) is 0 Å². The number of fused-ring (bicyclic) bond motifs is 3. The molecule has 21 heavy (non-hydrogen) atoms. The van der Waals surface area contributed by atoms with Gasteiger partial charge in [-0.1, -0.05) is 6.07 Å². The zero-order valence-corrected chi connectivity index (χ0v) is 13.0. The van der Waals surface area contributed by atoms with Crippen LogP contribution in [0.4, 0.5) is 5.69 Å². The molecule has 1 unspecified atom stereocenters. The van der Waals surface area contributed by atoms with Gasteiger partial charge in [-0.2, -0.15) is 0 Å². The molecular weight excluding hydrogens is 338 g/mol. The molecule has 112 valence electrons. The molecule has 7 heteroatoms. The number of hydrogen-bond acceptors (Lipinski definition) is 4. The Bertz CT molecular complexity index is 585. The Morgan fingerprint density at radius 2 is 2.10 bits per heavy atom. The highest BCUT2D eigenvalue weighted by atomic mass is 79.9. The van der Waals surface area contributed by atoms with Crippen LogP contribution in [0.2, 0.25) is 0 Å². The summed E-state index contributed by atoms with van der Waals surface area (Å²) in [4.78, 5) is 25.2. The number of amides is 1. The number of benzene rings is 1. The number of nitro groups is 1. The van der Waals surface area contributed by atoms with Gasteiger partial charge in [0.1, 0.15) is 4.47 Å². The molecule has 3 aliphatic rings. The first-order valence-corrected chi connectivity index (χ1v) is 7.81. The van der Waals surface area contributed by atoms with Crippen molar-refractivity contribution in [1.82, 2.24) is 10.2 Å². The standard InChI is InChI=1S/C14H16BrN3O3/c15-13-10(2-1-3-12(13)18(20)21)14(19)16-11-8-17-6-4-9(11)5-7-17/h1-3,9,11H,4-8H2,(H,16,19). The Morgan fingerprint density at radius 3 is 2.67 bits per heavy atom. The summed E-state index contributed by atoms with van der Waals surface area (Å²) in [5.41, 5.74) is 0.234. The lowest BCUT2D eigenvalue weighted by atomic mass is 9.84. The number of piperidine rings is 3. The van der Waals surface area contributed by atoms with E-state index in [1.165, 1.54) is 12.1 Å². The number of nitrogens with zero attached hydrogens (tertiary/aromatic N) is 2. The average molecular weight is 354 g/mol. The van der Waals surface area contributed by atoms with E-state index >= 15 is 0 Å². The highest BCUT2D eigenvalue weighted by Crippen LogP contribution is 2.30. The van der Waals surface area contributed by atoms with Crippen LogP contribution in [0, 0.1) is 16.0 Å². The van der Waals surface area contributed by atoms with Crippen molar-refractivity contribution in [3.8, 4) is 0 Å². The summed E-state index contributed by atoms with van der Waals surface area (Å²) in [7, 11) is 0. The van der Waals surface area contributed by atoms with Crippen LogP contribution in [0.25, 0.3) is 0 Å². The fourth-order valence-corrected chi connectivity index (χ4v) is 3.80. The van der Waals surface area contributed by atoms with E-state index in [0.29, 0.717) is 11.5 Å². The van der Waals surface area contributed by atoms with Crippen molar-refractivity contribution in [2.75, 3.05) is 19.6 Å². The fraction of sp³-hybridized carbons (Fsp3) is 0.500. The van der Waals surface area contributed by atoms with Crippen molar-refractivity contribution in [1.29, 1.82) is 0 Å². The minimum Gasteiger partial charge on any atom is -0.348 e. The van der Waals surface area contributed by atoms with Crippen LogP contribution in [0.5, 0.6) is 0 Å². The van der Waals surface area contributed by atoms with Gasteiger partial charge in [0.25, 0.3) is 11.6 Å². The Balaban J connectivity index is 1.77. The number of nitro benzene ring substituents is 1. The first-order valence-electron chi connectivity index (χ1n) is 7.02. The van der Waals surface area contributed by atoms with Crippen molar-refractivity contribution >= 4 is 27.5 Å². The van der Waals surface area contributed by atoms with Crippen molar-refractivity contribution in [2.24, 2.45) is 5.92 Å². The van der Waals surface area contributed by atoms with Gasteiger partial charge in [-0.05, 0) is 53.8 Å². The van der Waals surface area contributed by atoms with E-state index < -0.39 is 4.92 Å². The molecule has 1 aromatic rings. The van der Waals surface area contributed by atoms with Gasteiger partial charge in [0.15, 0.2) is 0 Å². The van der Waals surface area contributed by atoms with Crippen LogP contribution in [0.15, 0.2) is 22.7 Å². The summed E-state index contributed by atoms with van der Waals surface area (Å²) >= 11 is 3.18. The highest BCUT2D eigenvalue weighted by Gasteiger charge is 2.35. The number of halogens is 1. The third-order valence-corrected chi connectivity index (χ3v) is 5.23. The number of nitrogens with one attached hydrogen (secondary N) is 1. The molecule has 3 heterocycles. The monoisotopic (exact) mass is 353 g/mol. The maximum absolute atomic E-state index is 12.4. The van der Waals surface area contributed by atoms with E-state index in [0.717, 1.165) is 32.5 Å². The number of carbonyl (C=O) groups is 1. The van der Waals surface area contributed by atoms with Crippen LogP contribution in [0.3, 0.4) is 0 Å². The average Bonchev–Trinajstić information content (AvgIpc) is 2.48.